The van der Waals surface area contributed by atoms with Gasteiger partial charge in [-0.1, -0.05) is 6.07 Å². The van der Waals surface area contributed by atoms with Crippen LogP contribution in [0.2, 0.25) is 0 Å². The number of nitrogens with zero attached hydrogens (tertiary/aromatic N) is 1. The van der Waals surface area contributed by atoms with Crippen molar-refractivity contribution in [2.75, 3.05) is 19.7 Å². The third-order valence-electron chi connectivity index (χ3n) is 3.89. The van der Waals surface area contributed by atoms with Crippen LogP contribution >= 0.6 is 11.3 Å². The molecule has 2 N–H and O–H groups in total. The number of aliphatic hydroxyl groups is 1. The minimum absolute atomic E-state index is 0.0843. The molecule has 0 aliphatic carbocycles. The minimum Gasteiger partial charge on any atom is -0.396 e. The van der Waals surface area contributed by atoms with Gasteiger partial charge in [0.15, 0.2) is 0 Å². The number of nitrogens with one attached hydrogen (secondary N) is 1. The summed E-state index contributed by atoms with van der Waals surface area (Å²) in [4.78, 5) is 15.6. The lowest BCUT2D eigenvalue weighted by Gasteiger charge is -2.24. The van der Waals surface area contributed by atoms with Crippen LogP contribution in [-0.4, -0.2) is 41.7 Å². The van der Waals surface area contributed by atoms with Gasteiger partial charge in [0.05, 0.1) is 12.6 Å². The smallest absolute Gasteiger partial charge is 0.234 e. The second-order valence-electron chi connectivity index (χ2n) is 5.44. The van der Waals surface area contributed by atoms with Gasteiger partial charge in [-0.3, -0.25) is 9.69 Å². The van der Waals surface area contributed by atoms with Gasteiger partial charge < -0.3 is 10.4 Å². The predicted molar refractivity (Wildman–Crippen MR) is 81.8 cm³/mol. The van der Waals surface area contributed by atoms with E-state index in [1.165, 1.54) is 4.88 Å². The molecular formula is C15H24N2O2S. The molecular weight excluding hydrogens is 272 g/mol. The molecule has 20 heavy (non-hydrogen) atoms. The Bertz CT molecular complexity index is 408. The van der Waals surface area contributed by atoms with Crippen LogP contribution in [0.25, 0.3) is 0 Å². The standard InChI is InChI=1S/C15H24N2O2S/c1-12(14-7-4-10-20-14)16-15(19)11-17-8-2-5-13(17)6-3-9-18/h4,7,10,12-13,18H,2-3,5-6,8-9,11H2,1H3,(H,16,19). The molecule has 0 spiro atoms. The largest absolute Gasteiger partial charge is 0.396 e. The number of carbonyl (C=O) groups excluding carboxylic acids is 1. The Hall–Kier alpha value is -0.910. The molecule has 5 heteroatoms. The van der Waals surface area contributed by atoms with Gasteiger partial charge in [0.1, 0.15) is 0 Å². The fourth-order valence-electron chi connectivity index (χ4n) is 2.84. The average Bonchev–Trinajstić information content (AvgIpc) is 3.07. The van der Waals surface area contributed by atoms with E-state index in [-0.39, 0.29) is 18.6 Å². The first-order valence-corrected chi connectivity index (χ1v) is 8.26. The van der Waals surface area contributed by atoms with E-state index in [1.807, 2.05) is 18.4 Å². The molecule has 0 radical (unpaired) electrons. The fraction of sp³-hybridized carbons (Fsp3) is 0.667. The van der Waals surface area contributed by atoms with Crippen LogP contribution < -0.4 is 5.32 Å². The van der Waals surface area contributed by atoms with E-state index in [4.69, 9.17) is 5.11 Å². The van der Waals surface area contributed by atoms with Crippen molar-refractivity contribution < 1.29 is 9.90 Å². The van der Waals surface area contributed by atoms with E-state index >= 15 is 0 Å². The molecule has 1 aliphatic rings. The van der Waals surface area contributed by atoms with Gasteiger partial charge in [-0.2, -0.15) is 0 Å². The molecule has 1 aromatic rings. The summed E-state index contributed by atoms with van der Waals surface area (Å²) in [5.74, 6) is 0.0989. The molecule has 1 fully saturated rings. The quantitative estimate of drug-likeness (QED) is 0.811. The van der Waals surface area contributed by atoms with Crippen LogP contribution in [0.3, 0.4) is 0 Å². The minimum atomic E-state index is 0.0843. The maximum Gasteiger partial charge on any atom is 0.234 e. The molecule has 1 aromatic heterocycles. The van der Waals surface area contributed by atoms with Crippen molar-refractivity contribution in [2.24, 2.45) is 0 Å². The summed E-state index contributed by atoms with van der Waals surface area (Å²) in [5, 5.41) is 14.0. The summed E-state index contributed by atoms with van der Waals surface area (Å²) in [6.07, 6.45) is 4.12. The van der Waals surface area contributed by atoms with E-state index in [1.54, 1.807) is 11.3 Å². The lowest BCUT2D eigenvalue weighted by atomic mass is 10.1. The SMILES string of the molecule is CC(NC(=O)CN1CCCC1CCCO)c1cccs1. The highest BCUT2D eigenvalue weighted by atomic mass is 32.1. The summed E-state index contributed by atoms with van der Waals surface area (Å²) in [7, 11) is 0. The zero-order valence-corrected chi connectivity index (χ0v) is 12.9. The van der Waals surface area contributed by atoms with Crippen molar-refractivity contribution >= 4 is 17.2 Å². The molecule has 4 nitrogen and oxygen atoms in total. The van der Waals surface area contributed by atoms with Crippen molar-refractivity contribution in [3.05, 3.63) is 22.4 Å². The number of thiophene rings is 1. The first kappa shape index (κ1) is 15.5. The number of carbonyl (C=O) groups is 1. The predicted octanol–water partition coefficient (Wildman–Crippen LogP) is 2.16. The molecule has 0 bridgehead atoms. The van der Waals surface area contributed by atoms with Gasteiger partial charge in [-0.05, 0) is 50.6 Å². The first-order valence-electron chi connectivity index (χ1n) is 7.38. The number of hydrogen-bond acceptors (Lipinski definition) is 4. The number of aliphatic hydroxyl groups excluding tert-OH is 1. The highest BCUT2D eigenvalue weighted by molar-refractivity contribution is 7.10. The Kier molecular flexibility index (Phi) is 6.01. The van der Waals surface area contributed by atoms with Crippen LogP contribution in [0.5, 0.6) is 0 Å². The Morgan fingerprint density at radius 1 is 1.65 bits per heavy atom. The fourth-order valence-corrected chi connectivity index (χ4v) is 3.57. The molecule has 0 aromatic carbocycles. The maximum atomic E-state index is 12.1. The van der Waals surface area contributed by atoms with E-state index in [0.717, 1.165) is 32.2 Å². The van der Waals surface area contributed by atoms with E-state index in [9.17, 15) is 4.79 Å². The Morgan fingerprint density at radius 3 is 3.20 bits per heavy atom. The van der Waals surface area contributed by atoms with Gasteiger partial charge in [0, 0.05) is 17.5 Å². The lowest BCUT2D eigenvalue weighted by molar-refractivity contribution is -0.123. The monoisotopic (exact) mass is 296 g/mol. The van der Waals surface area contributed by atoms with Gasteiger partial charge in [0.2, 0.25) is 5.91 Å². The zero-order valence-electron chi connectivity index (χ0n) is 12.0. The van der Waals surface area contributed by atoms with Crippen LogP contribution in [0, 0.1) is 0 Å². The Balaban J connectivity index is 1.78. The Labute approximate surface area is 124 Å². The van der Waals surface area contributed by atoms with Crippen molar-refractivity contribution in [1.82, 2.24) is 10.2 Å². The number of hydrogen-bond donors (Lipinski definition) is 2. The van der Waals surface area contributed by atoms with Crippen molar-refractivity contribution in [2.45, 2.75) is 44.7 Å². The first-order chi connectivity index (χ1) is 9.70. The molecule has 2 rings (SSSR count). The zero-order chi connectivity index (χ0) is 14.4. The van der Waals surface area contributed by atoms with Gasteiger partial charge in [0.25, 0.3) is 0 Å². The van der Waals surface area contributed by atoms with Crippen molar-refractivity contribution in [3.8, 4) is 0 Å². The molecule has 2 unspecified atom stereocenters. The van der Waals surface area contributed by atoms with Crippen LogP contribution in [0.4, 0.5) is 0 Å². The van der Waals surface area contributed by atoms with Gasteiger partial charge >= 0.3 is 0 Å². The second-order valence-corrected chi connectivity index (χ2v) is 6.42. The van der Waals surface area contributed by atoms with E-state index in [0.29, 0.717) is 12.6 Å². The Morgan fingerprint density at radius 2 is 2.50 bits per heavy atom. The highest BCUT2D eigenvalue weighted by Crippen LogP contribution is 2.21. The summed E-state index contributed by atoms with van der Waals surface area (Å²) < 4.78 is 0. The van der Waals surface area contributed by atoms with Gasteiger partial charge in [-0.25, -0.2) is 0 Å². The number of amides is 1. The topological polar surface area (TPSA) is 52.6 Å². The normalized spacial score (nSPS) is 21.0. The summed E-state index contributed by atoms with van der Waals surface area (Å²) >= 11 is 1.67. The van der Waals surface area contributed by atoms with Crippen LogP contribution in [0.15, 0.2) is 17.5 Å². The third-order valence-corrected chi connectivity index (χ3v) is 4.94. The van der Waals surface area contributed by atoms with Crippen molar-refractivity contribution in [3.63, 3.8) is 0 Å². The van der Waals surface area contributed by atoms with Crippen LogP contribution in [-0.2, 0) is 4.79 Å². The average molecular weight is 296 g/mol. The second kappa shape index (κ2) is 7.76. The van der Waals surface area contributed by atoms with E-state index < -0.39 is 0 Å². The summed E-state index contributed by atoms with van der Waals surface area (Å²) in [5.41, 5.74) is 0. The lowest BCUT2D eigenvalue weighted by Crippen LogP contribution is -2.40. The summed E-state index contributed by atoms with van der Waals surface area (Å²) in [6.45, 7) is 3.74. The van der Waals surface area contributed by atoms with Gasteiger partial charge in [-0.15, -0.1) is 11.3 Å². The molecule has 2 atom stereocenters. The third kappa shape index (κ3) is 4.30. The highest BCUT2D eigenvalue weighted by Gasteiger charge is 2.26. The van der Waals surface area contributed by atoms with Crippen LogP contribution in [0.1, 0.15) is 43.5 Å². The molecule has 1 aliphatic heterocycles. The molecule has 0 saturated carbocycles. The maximum absolute atomic E-state index is 12.1. The molecule has 1 amide bonds. The van der Waals surface area contributed by atoms with Crippen molar-refractivity contribution in [1.29, 1.82) is 0 Å². The number of rotatable bonds is 7. The molecule has 2 heterocycles. The molecule has 1 saturated heterocycles. The number of likely N-dealkylation sites (tertiary alicyclic amines) is 1. The molecule has 112 valence electrons. The van der Waals surface area contributed by atoms with E-state index in [2.05, 4.69) is 16.3 Å². The summed E-state index contributed by atoms with van der Waals surface area (Å²) in [6, 6.07) is 4.61.